The number of carbonyl (C=O) groups excluding carboxylic acids is 1. The average molecular weight is 240 g/mol. The van der Waals surface area contributed by atoms with E-state index in [9.17, 15) is 4.79 Å². The van der Waals surface area contributed by atoms with E-state index in [0.29, 0.717) is 18.5 Å². The van der Waals surface area contributed by atoms with E-state index in [2.05, 4.69) is 12.2 Å². The Kier molecular flexibility index (Phi) is 7.25. The third kappa shape index (κ3) is 6.67. The van der Waals surface area contributed by atoms with Crippen molar-refractivity contribution in [2.45, 2.75) is 83.2 Å². The fraction of sp³-hybridized carbons (Fsp3) is 0.929. The highest BCUT2D eigenvalue weighted by Crippen LogP contribution is 2.17. The summed E-state index contributed by atoms with van der Waals surface area (Å²) in [6, 6.07) is 0.681. The minimum atomic E-state index is 0.218. The van der Waals surface area contributed by atoms with Crippen LogP contribution in [0.25, 0.3) is 0 Å². The van der Waals surface area contributed by atoms with Crippen LogP contribution in [0.5, 0.6) is 0 Å². The van der Waals surface area contributed by atoms with Gasteiger partial charge in [-0.1, -0.05) is 45.4 Å². The number of nitrogens with two attached hydrogens (primary N) is 1. The minimum absolute atomic E-state index is 0.218. The topological polar surface area (TPSA) is 55.1 Å². The van der Waals surface area contributed by atoms with Crippen LogP contribution < -0.4 is 11.1 Å². The Labute approximate surface area is 106 Å². The zero-order valence-corrected chi connectivity index (χ0v) is 11.2. The van der Waals surface area contributed by atoms with Crippen molar-refractivity contribution < 1.29 is 4.79 Å². The zero-order chi connectivity index (χ0) is 12.5. The minimum Gasteiger partial charge on any atom is -0.353 e. The molecule has 0 aliphatic heterocycles. The van der Waals surface area contributed by atoms with Crippen molar-refractivity contribution in [3.63, 3.8) is 0 Å². The molecule has 0 aromatic carbocycles. The van der Waals surface area contributed by atoms with Crippen LogP contribution in [-0.2, 0) is 4.79 Å². The summed E-state index contributed by atoms with van der Waals surface area (Å²) in [6.45, 7) is 2.23. The van der Waals surface area contributed by atoms with Gasteiger partial charge in [0, 0.05) is 18.5 Å². The maximum Gasteiger partial charge on any atom is 0.220 e. The molecule has 0 bridgehead atoms. The van der Waals surface area contributed by atoms with Gasteiger partial charge in [-0.25, -0.2) is 0 Å². The molecule has 1 aliphatic rings. The third-order valence-corrected chi connectivity index (χ3v) is 3.55. The summed E-state index contributed by atoms with van der Waals surface area (Å²) < 4.78 is 0. The SMILES string of the molecule is CCCCCCCCCC(=O)NC1CC(N)C1. The van der Waals surface area contributed by atoms with E-state index in [1.807, 2.05) is 0 Å². The van der Waals surface area contributed by atoms with Crippen molar-refractivity contribution in [2.75, 3.05) is 0 Å². The van der Waals surface area contributed by atoms with Crippen LogP contribution in [0.2, 0.25) is 0 Å². The van der Waals surface area contributed by atoms with Gasteiger partial charge in [-0.3, -0.25) is 4.79 Å². The smallest absolute Gasteiger partial charge is 0.220 e. The highest BCUT2D eigenvalue weighted by atomic mass is 16.1. The van der Waals surface area contributed by atoms with Crippen LogP contribution in [0.4, 0.5) is 0 Å². The van der Waals surface area contributed by atoms with Crippen molar-refractivity contribution >= 4 is 5.91 Å². The molecule has 0 heterocycles. The third-order valence-electron chi connectivity index (χ3n) is 3.55. The number of unbranched alkanes of at least 4 members (excludes halogenated alkanes) is 6. The van der Waals surface area contributed by atoms with Gasteiger partial charge in [-0.2, -0.15) is 0 Å². The van der Waals surface area contributed by atoms with Crippen LogP contribution in [-0.4, -0.2) is 18.0 Å². The molecule has 0 aromatic rings. The van der Waals surface area contributed by atoms with E-state index in [1.165, 1.54) is 38.5 Å². The molecular weight excluding hydrogens is 212 g/mol. The molecular formula is C14H28N2O. The first-order valence-corrected chi connectivity index (χ1v) is 7.27. The number of hydrogen-bond donors (Lipinski definition) is 2. The lowest BCUT2D eigenvalue weighted by molar-refractivity contribution is -0.122. The lowest BCUT2D eigenvalue weighted by Crippen LogP contribution is -2.50. The first-order chi connectivity index (χ1) is 8.22. The molecule has 100 valence electrons. The van der Waals surface area contributed by atoms with Gasteiger partial charge in [0.2, 0.25) is 5.91 Å². The van der Waals surface area contributed by atoms with Crippen molar-refractivity contribution in [1.82, 2.24) is 5.32 Å². The lowest BCUT2D eigenvalue weighted by Gasteiger charge is -2.32. The summed E-state index contributed by atoms with van der Waals surface area (Å²) in [5.74, 6) is 0.218. The van der Waals surface area contributed by atoms with Gasteiger partial charge in [-0.05, 0) is 19.3 Å². The number of hydrogen-bond acceptors (Lipinski definition) is 2. The fourth-order valence-corrected chi connectivity index (χ4v) is 2.32. The van der Waals surface area contributed by atoms with E-state index in [4.69, 9.17) is 5.73 Å². The van der Waals surface area contributed by atoms with Gasteiger partial charge in [0.15, 0.2) is 0 Å². The maximum atomic E-state index is 11.5. The Bertz CT molecular complexity index is 212. The molecule has 17 heavy (non-hydrogen) atoms. The molecule has 1 aliphatic carbocycles. The van der Waals surface area contributed by atoms with Crippen LogP contribution in [0.1, 0.15) is 71.1 Å². The number of carbonyl (C=O) groups is 1. The highest BCUT2D eigenvalue weighted by Gasteiger charge is 2.26. The van der Waals surface area contributed by atoms with E-state index in [-0.39, 0.29) is 5.91 Å². The van der Waals surface area contributed by atoms with Gasteiger partial charge >= 0.3 is 0 Å². The Morgan fingerprint density at radius 3 is 2.29 bits per heavy atom. The molecule has 1 rings (SSSR count). The second-order valence-electron chi connectivity index (χ2n) is 5.37. The molecule has 3 nitrogen and oxygen atoms in total. The number of nitrogens with one attached hydrogen (secondary N) is 1. The van der Waals surface area contributed by atoms with Crippen LogP contribution in [0.15, 0.2) is 0 Å². The van der Waals surface area contributed by atoms with Crippen molar-refractivity contribution in [3.8, 4) is 0 Å². The molecule has 0 unspecified atom stereocenters. The standard InChI is InChI=1S/C14H28N2O/c1-2-3-4-5-6-7-8-9-14(17)16-13-10-12(15)11-13/h12-13H,2-11,15H2,1H3,(H,16,17). The Morgan fingerprint density at radius 2 is 1.71 bits per heavy atom. The normalized spacial score (nSPS) is 23.2. The second-order valence-corrected chi connectivity index (χ2v) is 5.37. The predicted octanol–water partition coefficient (Wildman–Crippen LogP) is 2.73. The van der Waals surface area contributed by atoms with Gasteiger partial charge in [-0.15, -0.1) is 0 Å². The fourth-order valence-electron chi connectivity index (χ4n) is 2.32. The van der Waals surface area contributed by atoms with Crippen LogP contribution in [0.3, 0.4) is 0 Å². The van der Waals surface area contributed by atoms with E-state index in [0.717, 1.165) is 19.3 Å². The molecule has 1 fully saturated rings. The Morgan fingerprint density at radius 1 is 1.12 bits per heavy atom. The molecule has 0 spiro atoms. The molecule has 3 heteroatoms. The summed E-state index contributed by atoms with van der Waals surface area (Å²) in [5.41, 5.74) is 5.67. The Balaban J connectivity index is 1.83. The summed E-state index contributed by atoms with van der Waals surface area (Å²) in [6.07, 6.45) is 11.5. The largest absolute Gasteiger partial charge is 0.353 e. The molecule has 0 radical (unpaired) electrons. The quantitative estimate of drug-likeness (QED) is 0.609. The first kappa shape index (κ1) is 14.5. The van der Waals surface area contributed by atoms with Crippen LogP contribution >= 0.6 is 0 Å². The summed E-state index contributed by atoms with van der Waals surface area (Å²) in [5, 5.41) is 3.04. The van der Waals surface area contributed by atoms with Gasteiger partial charge < -0.3 is 11.1 Å². The highest BCUT2D eigenvalue weighted by molar-refractivity contribution is 5.76. The van der Waals surface area contributed by atoms with Gasteiger partial charge in [0.1, 0.15) is 0 Å². The van der Waals surface area contributed by atoms with E-state index >= 15 is 0 Å². The summed E-state index contributed by atoms with van der Waals surface area (Å²) in [4.78, 5) is 11.5. The van der Waals surface area contributed by atoms with Gasteiger partial charge in [0.25, 0.3) is 0 Å². The summed E-state index contributed by atoms with van der Waals surface area (Å²) >= 11 is 0. The average Bonchev–Trinajstić information content (AvgIpc) is 2.26. The summed E-state index contributed by atoms with van der Waals surface area (Å²) in [7, 11) is 0. The maximum absolute atomic E-state index is 11.5. The monoisotopic (exact) mass is 240 g/mol. The van der Waals surface area contributed by atoms with Crippen molar-refractivity contribution in [1.29, 1.82) is 0 Å². The second kappa shape index (κ2) is 8.51. The van der Waals surface area contributed by atoms with Crippen molar-refractivity contribution in [2.24, 2.45) is 5.73 Å². The molecule has 1 saturated carbocycles. The van der Waals surface area contributed by atoms with E-state index < -0.39 is 0 Å². The Hall–Kier alpha value is -0.570. The van der Waals surface area contributed by atoms with E-state index in [1.54, 1.807) is 0 Å². The van der Waals surface area contributed by atoms with Crippen LogP contribution in [0, 0.1) is 0 Å². The van der Waals surface area contributed by atoms with Gasteiger partial charge in [0.05, 0.1) is 0 Å². The first-order valence-electron chi connectivity index (χ1n) is 7.27. The number of rotatable bonds is 9. The predicted molar refractivity (Wildman–Crippen MR) is 71.8 cm³/mol. The molecule has 0 atom stereocenters. The molecule has 3 N–H and O–H groups in total. The van der Waals surface area contributed by atoms with Crippen molar-refractivity contribution in [3.05, 3.63) is 0 Å². The lowest BCUT2D eigenvalue weighted by atomic mass is 9.87. The molecule has 0 aromatic heterocycles. The zero-order valence-electron chi connectivity index (χ0n) is 11.2. The molecule has 1 amide bonds. The number of amides is 1. The molecule has 0 saturated heterocycles.